The lowest BCUT2D eigenvalue weighted by Crippen LogP contribution is -2.11. The second-order valence-corrected chi connectivity index (χ2v) is 7.10. The molecule has 2 aromatic rings. The van der Waals surface area contributed by atoms with Gasteiger partial charge in [-0.1, -0.05) is 13.8 Å². The minimum atomic E-state index is -0.771. The van der Waals surface area contributed by atoms with Gasteiger partial charge in [0, 0.05) is 24.0 Å². The lowest BCUT2D eigenvalue weighted by atomic mass is 10.1. The van der Waals surface area contributed by atoms with Crippen LogP contribution >= 0.6 is 0 Å². The van der Waals surface area contributed by atoms with Crippen molar-refractivity contribution in [2.24, 2.45) is 5.92 Å². The Morgan fingerprint density at radius 3 is 2.52 bits per heavy atom. The summed E-state index contributed by atoms with van der Waals surface area (Å²) < 4.78 is 13.0. The van der Waals surface area contributed by atoms with Gasteiger partial charge in [0.05, 0.1) is 18.2 Å². The molecule has 0 saturated heterocycles. The Labute approximate surface area is 171 Å². The maximum absolute atomic E-state index is 12.6. The molecule has 0 bridgehead atoms. The zero-order valence-electron chi connectivity index (χ0n) is 17.4. The van der Waals surface area contributed by atoms with Crippen molar-refractivity contribution in [2.75, 3.05) is 6.61 Å². The molecule has 29 heavy (non-hydrogen) atoms. The highest BCUT2D eigenvalue weighted by atomic mass is 16.6. The first-order valence-electron chi connectivity index (χ1n) is 9.48. The van der Waals surface area contributed by atoms with E-state index in [-0.39, 0.29) is 17.1 Å². The van der Waals surface area contributed by atoms with Crippen molar-refractivity contribution in [2.45, 2.75) is 41.2 Å². The van der Waals surface area contributed by atoms with E-state index in [0.717, 1.165) is 23.5 Å². The van der Waals surface area contributed by atoms with E-state index in [4.69, 9.17) is 14.7 Å². The van der Waals surface area contributed by atoms with Gasteiger partial charge in [-0.15, -0.1) is 0 Å². The molecule has 0 fully saturated rings. The molecule has 0 N–H and O–H groups in total. The van der Waals surface area contributed by atoms with Gasteiger partial charge in [-0.25, -0.2) is 4.79 Å². The van der Waals surface area contributed by atoms with E-state index < -0.39 is 5.97 Å². The SMILES string of the molecule is CCOc1cc(C#N)ccc1OC(=O)/C(C#N)=C\c1cc(C)n(CC(C)C)c1C. The fourth-order valence-corrected chi connectivity index (χ4v) is 3.00. The van der Waals surface area contributed by atoms with Crippen LogP contribution < -0.4 is 9.47 Å². The van der Waals surface area contributed by atoms with Gasteiger partial charge in [0.25, 0.3) is 0 Å². The molecule has 1 heterocycles. The van der Waals surface area contributed by atoms with Crippen molar-refractivity contribution in [1.82, 2.24) is 4.57 Å². The number of carbonyl (C=O) groups excluding carboxylic acids is 1. The number of benzene rings is 1. The number of hydrogen-bond donors (Lipinski definition) is 0. The summed E-state index contributed by atoms with van der Waals surface area (Å²) in [6.07, 6.45) is 1.55. The first-order valence-corrected chi connectivity index (χ1v) is 9.48. The number of nitrogens with zero attached hydrogens (tertiary/aromatic N) is 3. The van der Waals surface area contributed by atoms with Gasteiger partial charge in [-0.2, -0.15) is 10.5 Å². The summed E-state index contributed by atoms with van der Waals surface area (Å²) >= 11 is 0. The van der Waals surface area contributed by atoms with Gasteiger partial charge in [0.1, 0.15) is 11.6 Å². The van der Waals surface area contributed by atoms with E-state index in [2.05, 4.69) is 18.4 Å². The molecule has 0 radical (unpaired) electrons. The van der Waals surface area contributed by atoms with Gasteiger partial charge in [-0.3, -0.25) is 0 Å². The molecule has 6 nitrogen and oxygen atoms in total. The van der Waals surface area contributed by atoms with Gasteiger partial charge >= 0.3 is 5.97 Å². The van der Waals surface area contributed by atoms with Crippen LogP contribution in [0, 0.1) is 42.4 Å². The molecule has 0 saturated carbocycles. The fourth-order valence-electron chi connectivity index (χ4n) is 3.00. The smallest absolute Gasteiger partial charge is 0.354 e. The predicted molar refractivity (Wildman–Crippen MR) is 110 cm³/mol. The molecule has 0 atom stereocenters. The summed E-state index contributed by atoms with van der Waals surface area (Å²) in [6, 6.07) is 10.4. The van der Waals surface area contributed by atoms with Crippen LogP contribution in [0.1, 0.15) is 43.3 Å². The highest BCUT2D eigenvalue weighted by Crippen LogP contribution is 2.29. The molecule has 0 aliphatic carbocycles. The fraction of sp³-hybridized carbons (Fsp3) is 0.348. The molecule has 0 unspecified atom stereocenters. The Hall–Kier alpha value is -3.51. The maximum atomic E-state index is 12.6. The van der Waals surface area contributed by atoms with Crippen molar-refractivity contribution in [1.29, 1.82) is 10.5 Å². The third-order valence-corrected chi connectivity index (χ3v) is 4.38. The molecule has 1 aromatic carbocycles. The van der Waals surface area contributed by atoms with Crippen LogP contribution in [0.25, 0.3) is 6.08 Å². The third kappa shape index (κ3) is 5.27. The van der Waals surface area contributed by atoms with Gasteiger partial charge < -0.3 is 14.0 Å². The van der Waals surface area contributed by atoms with Crippen LogP contribution in [0.3, 0.4) is 0 Å². The summed E-state index contributed by atoms with van der Waals surface area (Å²) in [5.74, 6) is 0.159. The average molecular weight is 391 g/mol. The number of carbonyl (C=O) groups is 1. The van der Waals surface area contributed by atoms with Crippen LogP contribution in [0.15, 0.2) is 29.8 Å². The number of aromatic nitrogens is 1. The minimum Gasteiger partial charge on any atom is -0.490 e. The summed E-state index contributed by atoms with van der Waals surface area (Å²) in [6.45, 7) is 11.2. The summed E-state index contributed by atoms with van der Waals surface area (Å²) in [5, 5.41) is 18.5. The number of aryl methyl sites for hydroxylation is 1. The van der Waals surface area contributed by atoms with Gasteiger partial charge in [0.2, 0.25) is 0 Å². The standard InChI is InChI=1S/C23H25N3O3/c1-6-28-22-10-18(12-24)7-8-21(22)29-23(27)20(13-25)11-19-9-16(4)26(17(19)5)14-15(2)3/h7-11,15H,6,14H2,1-5H3/b20-11-. The minimum absolute atomic E-state index is 0.110. The van der Waals surface area contributed by atoms with Crippen LogP contribution in [0.5, 0.6) is 11.5 Å². The van der Waals surface area contributed by atoms with Crippen molar-refractivity contribution in [3.05, 3.63) is 52.4 Å². The Morgan fingerprint density at radius 1 is 1.21 bits per heavy atom. The second-order valence-electron chi connectivity index (χ2n) is 7.10. The quantitative estimate of drug-likeness (QED) is 0.299. The molecule has 6 heteroatoms. The number of hydrogen-bond acceptors (Lipinski definition) is 5. The largest absolute Gasteiger partial charge is 0.490 e. The first kappa shape index (κ1) is 21.8. The Kier molecular flexibility index (Phi) is 7.22. The maximum Gasteiger partial charge on any atom is 0.354 e. The van der Waals surface area contributed by atoms with E-state index >= 15 is 0 Å². The van der Waals surface area contributed by atoms with E-state index in [0.29, 0.717) is 18.1 Å². The summed E-state index contributed by atoms with van der Waals surface area (Å²) in [7, 11) is 0. The zero-order chi connectivity index (χ0) is 21.6. The molecule has 0 aliphatic rings. The molecular weight excluding hydrogens is 366 g/mol. The Bertz CT molecular complexity index is 1020. The van der Waals surface area contributed by atoms with E-state index in [1.165, 1.54) is 18.2 Å². The third-order valence-electron chi connectivity index (χ3n) is 4.38. The number of rotatable bonds is 7. The van der Waals surface area contributed by atoms with Crippen molar-refractivity contribution in [3.8, 4) is 23.6 Å². The van der Waals surface area contributed by atoms with Crippen LogP contribution in [0.2, 0.25) is 0 Å². The lowest BCUT2D eigenvalue weighted by molar-refractivity contribution is -0.129. The highest BCUT2D eigenvalue weighted by Gasteiger charge is 2.17. The molecule has 1 aromatic heterocycles. The van der Waals surface area contributed by atoms with Crippen molar-refractivity contribution < 1.29 is 14.3 Å². The molecular formula is C23H25N3O3. The highest BCUT2D eigenvalue weighted by molar-refractivity contribution is 5.99. The topological polar surface area (TPSA) is 88.0 Å². The molecule has 0 aliphatic heterocycles. The Morgan fingerprint density at radius 2 is 1.93 bits per heavy atom. The number of esters is 1. The molecule has 150 valence electrons. The Balaban J connectivity index is 2.33. The second kappa shape index (κ2) is 9.61. The molecule has 0 amide bonds. The van der Waals surface area contributed by atoms with Gasteiger partial charge in [-0.05, 0) is 56.5 Å². The molecule has 2 rings (SSSR count). The van der Waals surface area contributed by atoms with Gasteiger partial charge in [0.15, 0.2) is 11.5 Å². The monoisotopic (exact) mass is 391 g/mol. The summed E-state index contributed by atoms with van der Waals surface area (Å²) in [5.41, 5.74) is 3.15. The normalized spacial score (nSPS) is 11.1. The average Bonchev–Trinajstić information content (AvgIpc) is 2.94. The van der Waals surface area contributed by atoms with E-state index in [9.17, 15) is 10.1 Å². The van der Waals surface area contributed by atoms with Crippen LogP contribution in [-0.4, -0.2) is 17.1 Å². The summed E-state index contributed by atoms with van der Waals surface area (Å²) in [4.78, 5) is 12.6. The molecule has 0 spiro atoms. The predicted octanol–water partition coefficient (Wildman–Crippen LogP) is 4.54. The number of nitriles is 2. The van der Waals surface area contributed by atoms with Crippen LogP contribution in [0.4, 0.5) is 0 Å². The van der Waals surface area contributed by atoms with Crippen molar-refractivity contribution >= 4 is 12.0 Å². The zero-order valence-corrected chi connectivity index (χ0v) is 17.4. The number of ether oxygens (including phenoxy) is 2. The van der Waals surface area contributed by atoms with E-state index in [1.54, 1.807) is 13.0 Å². The van der Waals surface area contributed by atoms with E-state index in [1.807, 2.05) is 32.1 Å². The lowest BCUT2D eigenvalue weighted by Gasteiger charge is -2.12. The first-order chi connectivity index (χ1) is 13.8. The van der Waals surface area contributed by atoms with Crippen LogP contribution in [-0.2, 0) is 11.3 Å². The van der Waals surface area contributed by atoms with Crippen molar-refractivity contribution in [3.63, 3.8) is 0 Å².